The Morgan fingerprint density at radius 1 is 1.29 bits per heavy atom. The number of hydrogen-bond donors (Lipinski definition) is 0. The highest BCUT2D eigenvalue weighted by Gasteiger charge is 2.16. The minimum atomic E-state index is -0.562. The minimum Gasteiger partial charge on any atom is -0.466 e. The largest absolute Gasteiger partial charge is 0.466 e. The van der Waals surface area contributed by atoms with E-state index in [1.807, 2.05) is 6.07 Å². The summed E-state index contributed by atoms with van der Waals surface area (Å²) in [5.41, 5.74) is 0.611. The summed E-state index contributed by atoms with van der Waals surface area (Å²) in [5.74, 6) is -0.402. The molecule has 92 valence electrons. The van der Waals surface area contributed by atoms with E-state index in [4.69, 9.17) is 16.3 Å². The van der Waals surface area contributed by atoms with E-state index in [9.17, 15) is 9.59 Å². The first-order valence-electron chi connectivity index (χ1n) is 5.48. The second-order valence-electron chi connectivity index (χ2n) is 3.68. The minimum absolute atomic E-state index is 0.0879. The molecule has 0 aliphatic heterocycles. The molecule has 1 rings (SSSR count). The van der Waals surface area contributed by atoms with E-state index in [1.165, 1.54) is 6.92 Å². The van der Waals surface area contributed by atoms with E-state index < -0.39 is 5.38 Å². The summed E-state index contributed by atoms with van der Waals surface area (Å²) in [4.78, 5) is 22.4. The predicted molar refractivity (Wildman–Crippen MR) is 66.3 cm³/mol. The van der Waals surface area contributed by atoms with Crippen LogP contribution < -0.4 is 0 Å². The second-order valence-corrected chi connectivity index (χ2v) is 4.21. The molecule has 17 heavy (non-hydrogen) atoms. The topological polar surface area (TPSA) is 43.4 Å². The average molecular weight is 255 g/mol. The molecule has 3 nitrogen and oxygen atoms in total. The van der Waals surface area contributed by atoms with Gasteiger partial charge in [-0.1, -0.05) is 30.3 Å². The first kappa shape index (κ1) is 13.7. The molecule has 1 aromatic carbocycles. The van der Waals surface area contributed by atoms with Gasteiger partial charge in [0, 0.05) is 12.5 Å². The molecular weight excluding hydrogens is 240 g/mol. The molecule has 0 heterocycles. The smallest absolute Gasteiger partial charge is 0.302 e. The number of ketones is 1. The number of benzene rings is 1. The summed E-state index contributed by atoms with van der Waals surface area (Å²) in [7, 11) is 0. The molecule has 0 saturated carbocycles. The maximum absolute atomic E-state index is 11.8. The van der Waals surface area contributed by atoms with Gasteiger partial charge in [-0.15, -0.1) is 11.6 Å². The third kappa shape index (κ3) is 5.00. The van der Waals surface area contributed by atoms with Crippen LogP contribution in [0.1, 0.15) is 30.1 Å². The number of halogens is 1. The normalized spacial score (nSPS) is 11.9. The van der Waals surface area contributed by atoms with Crippen molar-refractivity contribution < 1.29 is 14.3 Å². The Kier molecular flexibility index (Phi) is 5.70. The molecule has 4 heteroatoms. The van der Waals surface area contributed by atoms with Crippen LogP contribution in [0.5, 0.6) is 0 Å². The number of rotatable bonds is 6. The van der Waals surface area contributed by atoms with Gasteiger partial charge in [0.25, 0.3) is 0 Å². The zero-order chi connectivity index (χ0) is 12.7. The van der Waals surface area contributed by atoms with Crippen LogP contribution in [-0.4, -0.2) is 23.7 Å². The zero-order valence-electron chi connectivity index (χ0n) is 9.69. The van der Waals surface area contributed by atoms with Crippen molar-refractivity contribution >= 4 is 23.4 Å². The van der Waals surface area contributed by atoms with Gasteiger partial charge in [0.1, 0.15) is 0 Å². The van der Waals surface area contributed by atoms with Gasteiger partial charge in [-0.3, -0.25) is 9.59 Å². The van der Waals surface area contributed by atoms with Crippen molar-refractivity contribution in [1.29, 1.82) is 0 Å². The summed E-state index contributed by atoms with van der Waals surface area (Å²) < 4.78 is 4.77. The highest BCUT2D eigenvalue weighted by Crippen LogP contribution is 2.13. The third-order valence-corrected chi connectivity index (χ3v) is 2.67. The van der Waals surface area contributed by atoms with Gasteiger partial charge in [0.05, 0.1) is 12.0 Å². The van der Waals surface area contributed by atoms with Gasteiger partial charge in [-0.25, -0.2) is 0 Å². The lowest BCUT2D eigenvalue weighted by atomic mass is 10.1. The number of esters is 1. The molecule has 1 atom stereocenters. The fourth-order valence-corrected chi connectivity index (χ4v) is 1.67. The maximum Gasteiger partial charge on any atom is 0.302 e. The number of ether oxygens (including phenoxy) is 1. The fraction of sp³-hybridized carbons (Fsp3) is 0.385. The lowest BCUT2D eigenvalue weighted by Crippen LogP contribution is -2.15. The molecule has 0 saturated heterocycles. The van der Waals surface area contributed by atoms with E-state index in [0.29, 0.717) is 25.0 Å². The van der Waals surface area contributed by atoms with Crippen molar-refractivity contribution in [3.63, 3.8) is 0 Å². The molecule has 0 aliphatic rings. The Hall–Kier alpha value is -1.35. The Labute approximate surface area is 106 Å². The molecule has 0 N–H and O–H groups in total. The fourth-order valence-electron chi connectivity index (χ4n) is 1.39. The average Bonchev–Trinajstić information content (AvgIpc) is 2.34. The Morgan fingerprint density at radius 3 is 2.53 bits per heavy atom. The lowest BCUT2D eigenvalue weighted by Gasteiger charge is -2.08. The van der Waals surface area contributed by atoms with Gasteiger partial charge in [0.15, 0.2) is 5.78 Å². The van der Waals surface area contributed by atoms with E-state index in [1.54, 1.807) is 24.3 Å². The van der Waals surface area contributed by atoms with Gasteiger partial charge in [-0.05, 0) is 12.8 Å². The first-order chi connectivity index (χ1) is 8.11. The van der Waals surface area contributed by atoms with Gasteiger partial charge in [-0.2, -0.15) is 0 Å². The van der Waals surface area contributed by atoms with E-state index in [-0.39, 0.29) is 11.8 Å². The summed E-state index contributed by atoms with van der Waals surface area (Å²) in [6.45, 7) is 1.66. The van der Waals surface area contributed by atoms with Crippen molar-refractivity contribution in [3.8, 4) is 0 Å². The van der Waals surface area contributed by atoms with Gasteiger partial charge < -0.3 is 4.74 Å². The molecule has 0 amide bonds. The van der Waals surface area contributed by atoms with Crippen molar-refractivity contribution in [3.05, 3.63) is 35.9 Å². The van der Waals surface area contributed by atoms with E-state index in [0.717, 1.165) is 0 Å². The third-order valence-electron chi connectivity index (χ3n) is 2.25. The Balaban J connectivity index is 2.35. The quantitative estimate of drug-likeness (QED) is 0.339. The molecular formula is C13H15ClO3. The maximum atomic E-state index is 11.8. The molecule has 0 spiro atoms. The van der Waals surface area contributed by atoms with E-state index in [2.05, 4.69) is 0 Å². The van der Waals surface area contributed by atoms with Crippen molar-refractivity contribution in [2.75, 3.05) is 6.61 Å². The second kappa shape index (κ2) is 7.07. The number of carbonyl (C=O) groups excluding carboxylic acids is 2. The summed E-state index contributed by atoms with van der Waals surface area (Å²) in [6.07, 6.45) is 1.09. The number of alkyl halides is 1. The molecule has 0 aliphatic carbocycles. The molecule has 0 aromatic heterocycles. The summed E-state index contributed by atoms with van der Waals surface area (Å²) in [5, 5.41) is -0.562. The van der Waals surface area contributed by atoms with Crippen molar-refractivity contribution in [1.82, 2.24) is 0 Å². The zero-order valence-corrected chi connectivity index (χ0v) is 10.4. The van der Waals surface area contributed by atoms with Crippen LogP contribution in [-0.2, 0) is 9.53 Å². The van der Waals surface area contributed by atoms with Crippen LogP contribution in [0.2, 0.25) is 0 Å². The standard InChI is InChI=1S/C13H15ClO3/c1-10(15)17-9-5-8-12(14)13(16)11-6-3-2-4-7-11/h2-4,6-7,12H,5,8-9H2,1H3. The van der Waals surface area contributed by atoms with Crippen LogP contribution in [0.4, 0.5) is 0 Å². The predicted octanol–water partition coefficient (Wildman–Crippen LogP) is 2.82. The lowest BCUT2D eigenvalue weighted by molar-refractivity contribution is -0.141. The monoisotopic (exact) mass is 254 g/mol. The Morgan fingerprint density at radius 2 is 1.94 bits per heavy atom. The number of carbonyl (C=O) groups is 2. The van der Waals surface area contributed by atoms with Gasteiger partial charge in [0.2, 0.25) is 0 Å². The van der Waals surface area contributed by atoms with Crippen LogP contribution in [0.25, 0.3) is 0 Å². The molecule has 0 radical (unpaired) electrons. The number of Topliss-reactive ketones (excluding diaryl/α,β-unsaturated/α-hetero) is 1. The highest BCUT2D eigenvalue weighted by atomic mass is 35.5. The summed E-state index contributed by atoms with van der Waals surface area (Å²) in [6, 6.07) is 8.93. The molecule has 1 aromatic rings. The molecule has 1 unspecified atom stereocenters. The Bertz CT molecular complexity index is 376. The van der Waals surface area contributed by atoms with Crippen LogP contribution in [0.3, 0.4) is 0 Å². The molecule has 0 bridgehead atoms. The van der Waals surface area contributed by atoms with Crippen LogP contribution in [0.15, 0.2) is 30.3 Å². The highest BCUT2D eigenvalue weighted by molar-refractivity contribution is 6.33. The SMILES string of the molecule is CC(=O)OCCCC(Cl)C(=O)c1ccccc1. The van der Waals surface area contributed by atoms with E-state index >= 15 is 0 Å². The number of hydrogen-bond acceptors (Lipinski definition) is 3. The first-order valence-corrected chi connectivity index (χ1v) is 5.91. The molecule has 0 fully saturated rings. The van der Waals surface area contributed by atoms with Gasteiger partial charge >= 0.3 is 5.97 Å². The van der Waals surface area contributed by atoms with Crippen LogP contribution >= 0.6 is 11.6 Å². The van der Waals surface area contributed by atoms with Crippen molar-refractivity contribution in [2.24, 2.45) is 0 Å². The van der Waals surface area contributed by atoms with Crippen LogP contribution in [0, 0.1) is 0 Å². The van der Waals surface area contributed by atoms with Crippen molar-refractivity contribution in [2.45, 2.75) is 25.1 Å². The summed E-state index contributed by atoms with van der Waals surface area (Å²) >= 11 is 5.99.